The fourth-order valence-corrected chi connectivity index (χ4v) is 3.49. The quantitative estimate of drug-likeness (QED) is 0.604. The number of methoxy groups -OCH3 is 1. The molecule has 1 N–H and O–H groups in total. The van der Waals surface area contributed by atoms with Crippen LogP contribution in [-0.2, 0) is 13.8 Å². The lowest BCUT2D eigenvalue weighted by Gasteiger charge is -2.11. The Balaban J connectivity index is 3.01. The van der Waals surface area contributed by atoms with Gasteiger partial charge in [0, 0.05) is 41.0 Å². The van der Waals surface area contributed by atoms with E-state index in [4.69, 9.17) is 15.4 Å². The van der Waals surface area contributed by atoms with Gasteiger partial charge in [-0.25, -0.2) is 8.42 Å². The van der Waals surface area contributed by atoms with Crippen molar-refractivity contribution < 1.29 is 17.9 Å². The van der Waals surface area contributed by atoms with Gasteiger partial charge in [0.2, 0.25) is 0 Å². The van der Waals surface area contributed by atoms with Gasteiger partial charge in [-0.2, -0.15) is 0 Å². The highest BCUT2D eigenvalue weighted by Crippen LogP contribution is 2.27. The molecule has 8 heteroatoms. The molecule has 112 valence electrons. The minimum absolute atomic E-state index is 0.0735. The summed E-state index contributed by atoms with van der Waals surface area (Å²) in [6.45, 7) is 2.53. The first-order valence-electron chi connectivity index (χ1n) is 5.79. The van der Waals surface area contributed by atoms with E-state index < -0.39 is 9.05 Å². The number of amides is 1. The molecule has 5 nitrogen and oxygen atoms in total. The van der Waals surface area contributed by atoms with E-state index in [9.17, 15) is 13.2 Å². The smallest absolute Gasteiger partial charge is 0.261 e. The molecule has 0 saturated heterocycles. The van der Waals surface area contributed by atoms with E-state index in [-0.39, 0.29) is 16.4 Å². The molecular formula is C12H15BrClNO4S. The van der Waals surface area contributed by atoms with Crippen molar-refractivity contribution in [3.8, 4) is 0 Å². The normalized spacial score (nSPS) is 11.4. The Kier molecular flexibility index (Phi) is 6.44. The molecular weight excluding hydrogens is 370 g/mol. The van der Waals surface area contributed by atoms with E-state index in [2.05, 4.69) is 21.2 Å². The van der Waals surface area contributed by atoms with Crippen molar-refractivity contribution in [3.05, 3.63) is 27.7 Å². The van der Waals surface area contributed by atoms with Crippen LogP contribution in [0, 0.1) is 6.92 Å². The van der Waals surface area contributed by atoms with Crippen molar-refractivity contribution >= 4 is 41.6 Å². The third kappa shape index (κ3) is 4.73. The molecule has 0 bridgehead atoms. The zero-order chi connectivity index (χ0) is 15.3. The maximum atomic E-state index is 12.0. The van der Waals surface area contributed by atoms with Gasteiger partial charge in [0.25, 0.3) is 15.0 Å². The van der Waals surface area contributed by atoms with Crippen LogP contribution in [-0.4, -0.2) is 34.6 Å². The topological polar surface area (TPSA) is 72.5 Å². The van der Waals surface area contributed by atoms with Crippen LogP contribution in [0.2, 0.25) is 0 Å². The molecule has 0 fully saturated rings. The van der Waals surface area contributed by atoms with Gasteiger partial charge >= 0.3 is 0 Å². The lowest BCUT2D eigenvalue weighted by molar-refractivity contribution is 0.0947. The summed E-state index contributed by atoms with van der Waals surface area (Å²) in [6.07, 6.45) is 0.677. The second kappa shape index (κ2) is 7.40. The average molecular weight is 385 g/mol. The summed E-state index contributed by atoms with van der Waals surface area (Å²) in [5, 5.41) is 2.70. The summed E-state index contributed by atoms with van der Waals surface area (Å²) in [5.41, 5.74) is 0.600. The average Bonchev–Trinajstić information content (AvgIpc) is 2.35. The van der Waals surface area contributed by atoms with Gasteiger partial charge in [0.15, 0.2) is 0 Å². The van der Waals surface area contributed by atoms with Crippen LogP contribution in [0.25, 0.3) is 0 Å². The molecule has 0 aromatic heterocycles. The highest BCUT2D eigenvalue weighted by molar-refractivity contribution is 9.10. The third-order valence-corrected chi connectivity index (χ3v) is 4.55. The van der Waals surface area contributed by atoms with Gasteiger partial charge < -0.3 is 10.1 Å². The lowest BCUT2D eigenvalue weighted by atomic mass is 10.1. The van der Waals surface area contributed by atoms with Crippen LogP contribution in [0.3, 0.4) is 0 Å². The summed E-state index contributed by atoms with van der Waals surface area (Å²) < 4.78 is 28.3. The van der Waals surface area contributed by atoms with Gasteiger partial charge in [-0.15, -0.1) is 0 Å². The summed E-state index contributed by atoms with van der Waals surface area (Å²) in [6, 6.07) is 2.94. The number of hydrogen-bond acceptors (Lipinski definition) is 4. The molecule has 0 aliphatic rings. The van der Waals surface area contributed by atoms with E-state index in [1.54, 1.807) is 20.1 Å². The van der Waals surface area contributed by atoms with E-state index in [1.165, 1.54) is 6.07 Å². The number of ether oxygens (including phenoxy) is 1. The predicted molar refractivity (Wildman–Crippen MR) is 80.7 cm³/mol. The molecule has 0 unspecified atom stereocenters. The number of rotatable bonds is 6. The third-order valence-electron chi connectivity index (χ3n) is 2.64. The first kappa shape index (κ1) is 17.4. The van der Waals surface area contributed by atoms with Crippen molar-refractivity contribution in [2.45, 2.75) is 18.2 Å². The number of halogens is 2. The molecule has 20 heavy (non-hydrogen) atoms. The van der Waals surface area contributed by atoms with Gasteiger partial charge in [-0.05, 0) is 31.0 Å². The van der Waals surface area contributed by atoms with Crippen LogP contribution in [0.5, 0.6) is 0 Å². The van der Waals surface area contributed by atoms with Crippen LogP contribution < -0.4 is 5.32 Å². The van der Waals surface area contributed by atoms with Gasteiger partial charge in [-0.1, -0.05) is 15.9 Å². The molecule has 1 rings (SSSR count). The Hall–Kier alpha value is -0.630. The summed E-state index contributed by atoms with van der Waals surface area (Å²) in [5.74, 6) is -0.346. The fraction of sp³-hybridized carbons (Fsp3) is 0.417. The van der Waals surface area contributed by atoms with Crippen LogP contribution in [0.4, 0.5) is 0 Å². The number of carbonyl (C=O) groups is 1. The van der Waals surface area contributed by atoms with E-state index in [1.807, 2.05) is 0 Å². The molecule has 1 amide bonds. The maximum Gasteiger partial charge on any atom is 0.261 e. The second-order valence-electron chi connectivity index (χ2n) is 4.12. The Morgan fingerprint density at radius 1 is 1.45 bits per heavy atom. The van der Waals surface area contributed by atoms with Gasteiger partial charge in [0.05, 0.1) is 4.90 Å². The van der Waals surface area contributed by atoms with E-state index >= 15 is 0 Å². The molecule has 0 radical (unpaired) electrons. The number of carbonyl (C=O) groups excluding carboxylic acids is 1. The van der Waals surface area contributed by atoms with Gasteiger partial charge in [-0.3, -0.25) is 4.79 Å². The first-order chi connectivity index (χ1) is 9.27. The van der Waals surface area contributed by atoms with Crippen LogP contribution in [0.1, 0.15) is 22.3 Å². The first-order valence-corrected chi connectivity index (χ1v) is 8.89. The lowest BCUT2D eigenvalue weighted by Crippen LogP contribution is -2.26. The minimum atomic E-state index is -3.90. The molecule has 0 heterocycles. The van der Waals surface area contributed by atoms with E-state index in [0.29, 0.717) is 29.6 Å². The summed E-state index contributed by atoms with van der Waals surface area (Å²) in [4.78, 5) is 12.0. The number of nitrogens with one attached hydrogen (secondary N) is 1. The molecule has 0 spiro atoms. The molecule has 0 saturated carbocycles. The zero-order valence-electron chi connectivity index (χ0n) is 11.1. The van der Waals surface area contributed by atoms with Crippen molar-refractivity contribution in [2.75, 3.05) is 20.3 Å². The molecule has 0 atom stereocenters. The van der Waals surface area contributed by atoms with E-state index in [0.717, 1.165) is 0 Å². The highest BCUT2D eigenvalue weighted by atomic mass is 79.9. The molecule has 0 aliphatic heterocycles. The van der Waals surface area contributed by atoms with Crippen LogP contribution >= 0.6 is 26.6 Å². The predicted octanol–water partition coefficient (Wildman–Crippen LogP) is 2.45. The maximum absolute atomic E-state index is 12.0. The Bertz CT molecular complexity index is 604. The number of hydrogen-bond donors (Lipinski definition) is 1. The van der Waals surface area contributed by atoms with Crippen molar-refractivity contribution in [1.29, 1.82) is 0 Å². The Morgan fingerprint density at radius 3 is 2.65 bits per heavy atom. The largest absolute Gasteiger partial charge is 0.385 e. The van der Waals surface area contributed by atoms with Gasteiger partial charge in [0.1, 0.15) is 0 Å². The molecule has 1 aromatic rings. The van der Waals surface area contributed by atoms with Crippen LogP contribution in [0.15, 0.2) is 21.5 Å². The Labute approximate surface area is 131 Å². The van der Waals surface area contributed by atoms with Crippen molar-refractivity contribution in [2.24, 2.45) is 0 Å². The highest BCUT2D eigenvalue weighted by Gasteiger charge is 2.20. The molecule has 1 aromatic carbocycles. The Morgan fingerprint density at radius 2 is 2.10 bits per heavy atom. The number of benzene rings is 1. The monoisotopic (exact) mass is 383 g/mol. The second-order valence-corrected chi connectivity index (χ2v) is 7.57. The van der Waals surface area contributed by atoms with Crippen molar-refractivity contribution in [3.63, 3.8) is 0 Å². The summed E-state index contributed by atoms with van der Waals surface area (Å²) >= 11 is 3.18. The standard InChI is InChI=1S/C12H15BrClNO4S/c1-8-10(12(16)15-4-3-5-19-2)6-9(13)7-11(8)20(14,17)18/h6-7H,3-5H2,1-2H3,(H,15,16). The molecule has 0 aliphatic carbocycles. The SMILES string of the molecule is COCCCNC(=O)c1cc(Br)cc(S(=O)(=O)Cl)c1C. The fourth-order valence-electron chi connectivity index (χ4n) is 1.66. The minimum Gasteiger partial charge on any atom is -0.385 e. The zero-order valence-corrected chi connectivity index (χ0v) is 14.2. The summed E-state index contributed by atoms with van der Waals surface area (Å²) in [7, 11) is 3.04. The van der Waals surface area contributed by atoms with Crippen molar-refractivity contribution in [1.82, 2.24) is 5.32 Å².